The Balaban J connectivity index is 0. The maximum Gasteiger partial charge on any atom is -1.00 e. The average Bonchev–Trinajstić information content (AvgIpc) is 2.97. The monoisotopic (exact) mass is 548 g/mol. The molecule has 0 radical (unpaired) electrons. The van der Waals surface area contributed by atoms with E-state index in [1.54, 1.807) is 21.9 Å². The molecule has 0 N–H and O–H groups in total. The van der Waals surface area contributed by atoms with Crippen molar-refractivity contribution < 1.29 is 57.7 Å². The molecule has 1 unspecified atom stereocenters. The Morgan fingerprint density at radius 2 is 1.22 bits per heavy atom. The summed E-state index contributed by atoms with van der Waals surface area (Å²) < 4.78 is 0.234. The summed E-state index contributed by atoms with van der Waals surface area (Å²) in [4.78, 5) is 0. The third-order valence-corrected chi connectivity index (χ3v) is 15.2. The van der Waals surface area contributed by atoms with E-state index in [9.17, 15) is 0 Å². The van der Waals surface area contributed by atoms with Crippen molar-refractivity contribution in [1.29, 1.82) is 0 Å². The van der Waals surface area contributed by atoms with Gasteiger partial charge in [-0.3, -0.25) is 0 Å². The molecule has 1 aliphatic carbocycles. The van der Waals surface area contributed by atoms with E-state index in [-0.39, 0.29) is 40.6 Å². The molecule has 1 atom stereocenters. The van der Waals surface area contributed by atoms with Crippen LogP contribution in [0.2, 0.25) is 16.4 Å². The van der Waals surface area contributed by atoms with Crippen LogP contribution in [-0.2, 0) is 33.3 Å². The molecule has 0 fully saturated rings. The van der Waals surface area contributed by atoms with Crippen LogP contribution in [0.1, 0.15) is 90.2 Å². The quantitative estimate of drug-likeness (QED) is 0.232. The first-order valence-electron chi connectivity index (χ1n) is 12.0. The van der Waals surface area contributed by atoms with Gasteiger partial charge in [-0.25, -0.2) is 0 Å². The number of allylic oxidation sites excluding steroid dienone is 4. The molecule has 0 amide bonds. The summed E-state index contributed by atoms with van der Waals surface area (Å²) in [6, 6.07) is 7.72. The summed E-state index contributed by atoms with van der Waals surface area (Å²) in [6.45, 7) is 14.4. The molecule has 0 heterocycles. The zero-order chi connectivity index (χ0) is 21.5. The van der Waals surface area contributed by atoms with Crippen molar-refractivity contribution in [2.75, 3.05) is 0 Å². The zero-order valence-corrected chi connectivity index (χ0v) is 25.9. The topological polar surface area (TPSA) is 0 Å². The molecule has 0 saturated heterocycles. The van der Waals surface area contributed by atoms with Gasteiger partial charge < -0.3 is 37.2 Å². The molecular formula is C27H43Cl3SiTi. The van der Waals surface area contributed by atoms with Crippen molar-refractivity contribution >= 4 is 13.3 Å². The zero-order valence-electron chi connectivity index (χ0n) is 21.1. The van der Waals surface area contributed by atoms with Crippen molar-refractivity contribution in [3.05, 3.63) is 52.6 Å². The summed E-state index contributed by atoms with van der Waals surface area (Å²) in [5.41, 5.74) is 6.25. The summed E-state index contributed by atoms with van der Waals surface area (Å²) in [6.07, 6.45) is 18.2. The Hall–Kier alpha value is 0.501. The Kier molecular flexibility index (Phi) is 17.6. The van der Waals surface area contributed by atoms with Crippen LogP contribution in [0, 0.1) is 0 Å². The van der Waals surface area contributed by atoms with Gasteiger partial charge in [0.1, 0.15) is 0 Å². The largest absolute Gasteiger partial charge is 1.00 e. The van der Waals surface area contributed by atoms with Gasteiger partial charge in [-0.2, -0.15) is 0 Å². The van der Waals surface area contributed by atoms with Gasteiger partial charge in [0.05, 0.1) is 0 Å². The van der Waals surface area contributed by atoms with Gasteiger partial charge in [0.2, 0.25) is 0 Å². The minimum Gasteiger partial charge on any atom is -1.00 e. The van der Waals surface area contributed by atoms with Crippen molar-refractivity contribution in [1.82, 2.24) is 0 Å². The van der Waals surface area contributed by atoms with Crippen molar-refractivity contribution in [2.24, 2.45) is 0 Å². The van der Waals surface area contributed by atoms with Crippen LogP contribution in [0.4, 0.5) is 0 Å². The molecule has 0 aromatic heterocycles. The molecule has 1 aromatic carbocycles. The standard InChI is InChI=1S/C27H43Si.3ClH.Ti/c1-7-9-11-13-15-24-19-25(16-14-12-10-8-2)21-26(20-24)28(5,6)27-18-17-22(3)23(27)4;;;;/h17-21H,7-16H2,1-6H3;3*1H;/q;;;;+3/p-3. The molecular weight excluding hydrogens is 507 g/mol. The predicted molar refractivity (Wildman–Crippen MR) is 129 cm³/mol. The van der Waals surface area contributed by atoms with E-state index >= 15 is 0 Å². The Morgan fingerprint density at radius 3 is 1.59 bits per heavy atom. The second-order valence-corrected chi connectivity index (χ2v) is 16.4. The van der Waals surface area contributed by atoms with E-state index in [1.165, 1.54) is 69.8 Å². The smallest absolute Gasteiger partial charge is 1.00 e. The van der Waals surface area contributed by atoms with Crippen LogP contribution in [-0.4, -0.2) is 8.07 Å². The molecule has 1 aliphatic rings. The van der Waals surface area contributed by atoms with Crippen LogP contribution < -0.4 is 42.4 Å². The summed E-state index contributed by atoms with van der Waals surface area (Å²) in [5, 5.41) is 1.66. The van der Waals surface area contributed by atoms with Crippen LogP contribution in [0.15, 0.2) is 41.5 Å². The molecule has 0 aliphatic heterocycles. The van der Waals surface area contributed by atoms with Gasteiger partial charge in [0.25, 0.3) is 0 Å². The second-order valence-electron chi connectivity index (χ2n) is 9.73. The van der Waals surface area contributed by atoms with E-state index in [2.05, 4.69) is 91.6 Å². The number of benzene rings is 1. The van der Waals surface area contributed by atoms with E-state index in [4.69, 9.17) is 0 Å². The molecule has 2 rings (SSSR count). The summed E-state index contributed by atoms with van der Waals surface area (Å²) >= 11 is 2.50. The summed E-state index contributed by atoms with van der Waals surface area (Å²) in [5.74, 6) is 0. The first-order valence-corrected chi connectivity index (χ1v) is 15.8. The SMILES string of the molecule is CCCCCCc1cc(CCCCCC)cc([Si](C)(C)[C]2([Ti+3])C=CC(C)=C2C)c1.[Cl-].[Cl-].[Cl-]. The maximum atomic E-state index is 2.59. The molecule has 0 bridgehead atoms. The van der Waals surface area contributed by atoms with Crippen LogP contribution in [0.5, 0.6) is 0 Å². The van der Waals surface area contributed by atoms with E-state index in [1.807, 2.05) is 0 Å². The van der Waals surface area contributed by atoms with E-state index in [0.717, 1.165) is 0 Å². The molecule has 180 valence electrons. The number of unbranched alkanes of at least 4 members (excludes halogenated alkanes) is 6. The fraction of sp³-hybridized carbons (Fsp3) is 0.630. The first kappa shape index (κ1) is 34.7. The van der Waals surface area contributed by atoms with Gasteiger partial charge in [-0.05, 0) is 0 Å². The molecule has 0 saturated carbocycles. The Bertz CT molecular complexity index is 712. The molecule has 0 spiro atoms. The Morgan fingerprint density at radius 1 is 0.750 bits per heavy atom. The van der Waals surface area contributed by atoms with Gasteiger partial charge in [0.15, 0.2) is 0 Å². The number of rotatable bonds is 12. The summed E-state index contributed by atoms with van der Waals surface area (Å²) in [7, 11) is -1.69. The van der Waals surface area contributed by atoms with Crippen LogP contribution >= 0.6 is 0 Å². The third kappa shape index (κ3) is 8.62. The molecule has 32 heavy (non-hydrogen) atoms. The molecule has 0 nitrogen and oxygen atoms in total. The van der Waals surface area contributed by atoms with Crippen LogP contribution in [0.25, 0.3) is 0 Å². The van der Waals surface area contributed by atoms with Gasteiger partial charge >= 0.3 is 195 Å². The van der Waals surface area contributed by atoms with Crippen molar-refractivity contribution in [3.8, 4) is 0 Å². The average molecular weight is 550 g/mol. The minimum absolute atomic E-state index is 0. The number of halogens is 3. The number of hydrogen-bond acceptors (Lipinski definition) is 0. The maximum absolute atomic E-state index is 2.59. The van der Waals surface area contributed by atoms with Gasteiger partial charge in [-0.1, -0.05) is 0 Å². The minimum atomic E-state index is -1.69. The number of hydrogen-bond donors (Lipinski definition) is 0. The normalized spacial score (nSPS) is 17.6. The van der Waals surface area contributed by atoms with Gasteiger partial charge in [0, 0.05) is 0 Å². The Labute approximate surface area is 230 Å². The van der Waals surface area contributed by atoms with Crippen molar-refractivity contribution in [2.45, 2.75) is 108 Å². The third-order valence-electron chi connectivity index (χ3n) is 7.16. The van der Waals surface area contributed by atoms with E-state index in [0.29, 0.717) is 0 Å². The fourth-order valence-electron chi connectivity index (χ4n) is 4.64. The van der Waals surface area contributed by atoms with E-state index < -0.39 is 8.07 Å². The molecule has 5 heteroatoms. The molecule has 1 aromatic rings. The second kappa shape index (κ2) is 16.2. The van der Waals surface area contributed by atoms with Gasteiger partial charge in [-0.15, -0.1) is 0 Å². The van der Waals surface area contributed by atoms with Crippen molar-refractivity contribution in [3.63, 3.8) is 0 Å². The first-order chi connectivity index (χ1) is 13.8. The fourth-order valence-corrected chi connectivity index (χ4v) is 8.94. The predicted octanol–water partition coefficient (Wildman–Crippen LogP) is -0.989. The number of aryl methyl sites for hydroxylation is 2. The van der Waals surface area contributed by atoms with Crippen LogP contribution in [0.3, 0.4) is 0 Å².